The van der Waals surface area contributed by atoms with Gasteiger partial charge in [-0.2, -0.15) is 0 Å². The molecule has 0 amide bonds. The van der Waals surface area contributed by atoms with E-state index in [0.29, 0.717) is 6.54 Å². The van der Waals surface area contributed by atoms with E-state index in [2.05, 4.69) is 48.3 Å². The summed E-state index contributed by atoms with van der Waals surface area (Å²) < 4.78 is 0. The minimum Gasteiger partial charge on any atom is -0.389 e. The van der Waals surface area contributed by atoms with Gasteiger partial charge in [-0.05, 0) is 49.8 Å². The van der Waals surface area contributed by atoms with Gasteiger partial charge in [-0.15, -0.1) is 0 Å². The highest BCUT2D eigenvalue weighted by Gasteiger charge is 2.23. The first-order chi connectivity index (χ1) is 9.99. The van der Waals surface area contributed by atoms with Gasteiger partial charge in [0.25, 0.3) is 0 Å². The average molecular weight is 290 g/mol. The van der Waals surface area contributed by atoms with E-state index in [1.165, 1.54) is 43.6 Å². The number of piperidine rings is 1. The van der Waals surface area contributed by atoms with Crippen molar-refractivity contribution in [3.63, 3.8) is 0 Å². The molecule has 0 aromatic heterocycles. The second kappa shape index (κ2) is 7.28. The van der Waals surface area contributed by atoms with Gasteiger partial charge >= 0.3 is 0 Å². The van der Waals surface area contributed by atoms with Crippen molar-refractivity contribution in [1.82, 2.24) is 5.32 Å². The van der Waals surface area contributed by atoms with Gasteiger partial charge in [0.1, 0.15) is 0 Å². The van der Waals surface area contributed by atoms with Crippen molar-refractivity contribution < 1.29 is 5.11 Å². The zero-order valence-electron chi connectivity index (χ0n) is 13.7. The predicted molar refractivity (Wildman–Crippen MR) is 89.7 cm³/mol. The molecule has 21 heavy (non-hydrogen) atoms. The van der Waals surface area contributed by atoms with Crippen LogP contribution in [0.25, 0.3) is 0 Å². The molecular weight excluding hydrogens is 260 g/mol. The zero-order chi connectivity index (χ0) is 15.3. The Hall–Kier alpha value is -1.06. The molecule has 3 nitrogen and oxygen atoms in total. The third-order valence-electron chi connectivity index (χ3n) is 4.71. The van der Waals surface area contributed by atoms with Crippen molar-refractivity contribution in [3.05, 3.63) is 29.8 Å². The molecule has 1 saturated heterocycles. The number of nitrogens with one attached hydrogen (secondary N) is 1. The highest BCUT2D eigenvalue weighted by molar-refractivity contribution is 5.47. The number of nitrogens with zero attached hydrogens (tertiary/aromatic N) is 1. The molecule has 1 heterocycles. The first kappa shape index (κ1) is 16.3. The van der Waals surface area contributed by atoms with Crippen molar-refractivity contribution in [2.45, 2.75) is 52.2 Å². The summed E-state index contributed by atoms with van der Waals surface area (Å²) in [6, 6.07) is 8.84. The second-order valence-electron chi connectivity index (χ2n) is 6.83. The Morgan fingerprint density at radius 2 is 1.76 bits per heavy atom. The molecule has 3 heteroatoms. The van der Waals surface area contributed by atoms with Crippen LogP contribution >= 0.6 is 0 Å². The van der Waals surface area contributed by atoms with E-state index in [-0.39, 0.29) is 5.92 Å². The molecule has 0 spiro atoms. The Morgan fingerprint density at radius 3 is 2.33 bits per heavy atom. The summed E-state index contributed by atoms with van der Waals surface area (Å²) >= 11 is 0. The van der Waals surface area contributed by atoms with Crippen molar-refractivity contribution >= 4 is 5.69 Å². The normalized spacial score (nSPS) is 18.8. The molecule has 0 bridgehead atoms. The van der Waals surface area contributed by atoms with Gasteiger partial charge in [-0.3, -0.25) is 0 Å². The molecule has 1 aromatic rings. The van der Waals surface area contributed by atoms with Crippen LogP contribution in [0.4, 0.5) is 5.69 Å². The standard InChI is InChI=1S/C18H30N2O/c1-15(2)18(3,21)14-19-13-16-7-9-17(10-8-16)20-11-5-4-6-12-20/h7-10,15,19,21H,4-6,11-14H2,1-3H3. The highest BCUT2D eigenvalue weighted by atomic mass is 16.3. The van der Waals surface area contributed by atoms with E-state index in [1.54, 1.807) is 0 Å². The quantitative estimate of drug-likeness (QED) is 0.844. The fourth-order valence-corrected chi connectivity index (χ4v) is 2.64. The first-order valence-corrected chi connectivity index (χ1v) is 8.26. The maximum absolute atomic E-state index is 10.2. The lowest BCUT2D eigenvalue weighted by Crippen LogP contribution is -2.41. The van der Waals surface area contributed by atoms with E-state index < -0.39 is 5.60 Å². The van der Waals surface area contributed by atoms with Gasteiger partial charge in [0.15, 0.2) is 0 Å². The first-order valence-electron chi connectivity index (χ1n) is 8.26. The average Bonchev–Trinajstić information content (AvgIpc) is 2.48. The highest BCUT2D eigenvalue weighted by Crippen LogP contribution is 2.20. The molecule has 118 valence electrons. The molecule has 0 saturated carbocycles. The van der Waals surface area contributed by atoms with Gasteiger partial charge in [0.05, 0.1) is 5.60 Å². The summed E-state index contributed by atoms with van der Waals surface area (Å²) in [6.07, 6.45) is 4.00. The Morgan fingerprint density at radius 1 is 1.14 bits per heavy atom. The smallest absolute Gasteiger partial charge is 0.0766 e. The molecule has 0 radical (unpaired) electrons. The molecule has 1 unspecified atom stereocenters. The Kier molecular flexibility index (Phi) is 5.65. The fraction of sp³-hybridized carbons (Fsp3) is 0.667. The largest absolute Gasteiger partial charge is 0.389 e. The lowest BCUT2D eigenvalue weighted by Gasteiger charge is -2.29. The number of rotatable bonds is 6. The van der Waals surface area contributed by atoms with E-state index in [1.807, 2.05) is 6.92 Å². The maximum atomic E-state index is 10.2. The van der Waals surface area contributed by atoms with Crippen LogP contribution in [0.1, 0.15) is 45.6 Å². The number of benzene rings is 1. The zero-order valence-corrected chi connectivity index (χ0v) is 13.7. The fourth-order valence-electron chi connectivity index (χ4n) is 2.64. The van der Waals surface area contributed by atoms with Crippen LogP contribution in [0, 0.1) is 5.92 Å². The molecule has 2 rings (SSSR count). The van der Waals surface area contributed by atoms with Crippen LogP contribution in [-0.4, -0.2) is 30.3 Å². The molecule has 1 atom stereocenters. The van der Waals surface area contributed by atoms with E-state index in [4.69, 9.17) is 0 Å². The van der Waals surface area contributed by atoms with Gasteiger partial charge in [-0.1, -0.05) is 26.0 Å². The Balaban J connectivity index is 1.82. The minimum absolute atomic E-state index is 0.256. The van der Waals surface area contributed by atoms with Gasteiger partial charge in [-0.25, -0.2) is 0 Å². The van der Waals surface area contributed by atoms with E-state index >= 15 is 0 Å². The van der Waals surface area contributed by atoms with Crippen LogP contribution in [0.2, 0.25) is 0 Å². The number of aliphatic hydroxyl groups is 1. The maximum Gasteiger partial charge on any atom is 0.0766 e. The van der Waals surface area contributed by atoms with Gasteiger partial charge in [0, 0.05) is 31.9 Å². The van der Waals surface area contributed by atoms with E-state index in [0.717, 1.165) is 6.54 Å². The second-order valence-corrected chi connectivity index (χ2v) is 6.83. The van der Waals surface area contributed by atoms with E-state index in [9.17, 15) is 5.11 Å². The summed E-state index contributed by atoms with van der Waals surface area (Å²) in [4.78, 5) is 2.48. The van der Waals surface area contributed by atoms with Gasteiger partial charge in [0.2, 0.25) is 0 Å². The summed E-state index contributed by atoms with van der Waals surface area (Å²) in [5, 5.41) is 13.6. The lowest BCUT2D eigenvalue weighted by atomic mass is 9.92. The topological polar surface area (TPSA) is 35.5 Å². The molecule has 0 aliphatic carbocycles. The minimum atomic E-state index is -0.645. The SMILES string of the molecule is CC(C)C(C)(O)CNCc1ccc(N2CCCCC2)cc1. The monoisotopic (exact) mass is 290 g/mol. The molecule has 1 aromatic carbocycles. The van der Waals surface area contributed by atoms with Crippen LogP contribution in [0.15, 0.2) is 24.3 Å². The molecule has 1 aliphatic heterocycles. The van der Waals surface area contributed by atoms with Gasteiger partial charge < -0.3 is 15.3 Å². The summed E-state index contributed by atoms with van der Waals surface area (Å²) in [5.74, 6) is 0.256. The lowest BCUT2D eigenvalue weighted by molar-refractivity contribution is 0.0140. The number of hydrogen-bond donors (Lipinski definition) is 2. The molecule has 2 N–H and O–H groups in total. The Labute approximate surface area is 129 Å². The molecular formula is C18H30N2O. The van der Waals surface area contributed by atoms with Crippen LogP contribution in [0.5, 0.6) is 0 Å². The van der Waals surface area contributed by atoms with Crippen molar-refractivity contribution in [2.24, 2.45) is 5.92 Å². The Bertz CT molecular complexity index is 419. The third-order valence-corrected chi connectivity index (χ3v) is 4.71. The molecule has 1 aliphatic rings. The van der Waals surface area contributed by atoms with Crippen molar-refractivity contribution in [1.29, 1.82) is 0 Å². The predicted octanol–water partition coefficient (Wildman–Crippen LogP) is 3.17. The summed E-state index contributed by atoms with van der Waals surface area (Å²) in [6.45, 7) is 9.81. The number of anilines is 1. The van der Waals surface area contributed by atoms with Crippen LogP contribution < -0.4 is 10.2 Å². The van der Waals surface area contributed by atoms with Crippen molar-refractivity contribution in [2.75, 3.05) is 24.5 Å². The van der Waals surface area contributed by atoms with Crippen molar-refractivity contribution in [3.8, 4) is 0 Å². The van der Waals surface area contributed by atoms with Crippen LogP contribution in [0.3, 0.4) is 0 Å². The summed E-state index contributed by atoms with van der Waals surface area (Å²) in [7, 11) is 0. The summed E-state index contributed by atoms with van der Waals surface area (Å²) in [5.41, 5.74) is 1.97. The molecule has 1 fully saturated rings. The third kappa shape index (κ3) is 4.72. The number of hydrogen-bond acceptors (Lipinski definition) is 3. The van der Waals surface area contributed by atoms with Crippen LogP contribution in [-0.2, 0) is 6.54 Å².